The fourth-order valence-corrected chi connectivity index (χ4v) is 3.56. The highest BCUT2D eigenvalue weighted by atomic mass is 35.5. The molecule has 0 aromatic heterocycles. The van der Waals surface area contributed by atoms with Gasteiger partial charge in [0, 0.05) is 23.5 Å². The van der Waals surface area contributed by atoms with E-state index in [1.807, 2.05) is 43.0 Å². The summed E-state index contributed by atoms with van der Waals surface area (Å²) in [7, 11) is 0. The number of piperidine rings is 1. The Morgan fingerprint density at radius 2 is 2.00 bits per heavy atom. The minimum atomic E-state index is -0.390. The summed E-state index contributed by atoms with van der Waals surface area (Å²) in [6, 6.07) is 7.82. The van der Waals surface area contributed by atoms with Crippen LogP contribution in [-0.2, 0) is 11.2 Å². The first kappa shape index (κ1) is 21.3. The van der Waals surface area contributed by atoms with Crippen LogP contribution >= 0.6 is 24.0 Å². The van der Waals surface area contributed by atoms with Gasteiger partial charge in [0.1, 0.15) is 0 Å². The Bertz CT molecular complexity index is 526. The van der Waals surface area contributed by atoms with Gasteiger partial charge in [-0.15, -0.1) is 12.4 Å². The smallest absolute Gasteiger partial charge is 0.228 e. The van der Waals surface area contributed by atoms with Gasteiger partial charge in [-0.3, -0.25) is 4.79 Å². The average Bonchev–Trinajstić information content (AvgIpc) is 2.52. The Labute approximate surface area is 157 Å². The van der Waals surface area contributed by atoms with Gasteiger partial charge in [-0.1, -0.05) is 44.5 Å². The zero-order valence-corrected chi connectivity index (χ0v) is 16.6. The number of carbonyl (C=O) groups is 1. The van der Waals surface area contributed by atoms with Crippen molar-refractivity contribution in [3.63, 3.8) is 0 Å². The number of hydrogen-bond donors (Lipinski definition) is 1. The highest BCUT2D eigenvalue weighted by molar-refractivity contribution is 6.30. The van der Waals surface area contributed by atoms with E-state index < -0.39 is 0 Å². The first-order valence-corrected chi connectivity index (χ1v) is 9.04. The number of nitrogens with one attached hydrogen (secondary N) is 1. The lowest BCUT2D eigenvalue weighted by molar-refractivity contribution is -0.141. The number of nitrogens with zero attached hydrogens (tertiary/aromatic N) is 1. The summed E-state index contributed by atoms with van der Waals surface area (Å²) in [5.41, 5.74) is 0.733. The van der Waals surface area contributed by atoms with Gasteiger partial charge < -0.3 is 10.2 Å². The number of amides is 1. The molecule has 5 heteroatoms. The number of halogens is 2. The van der Waals surface area contributed by atoms with Crippen molar-refractivity contribution in [1.82, 2.24) is 10.2 Å². The second-order valence-electron chi connectivity index (χ2n) is 7.23. The van der Waals surface area contributed by atoms with Crippen LogP contribution in [0.1, 0.15) is 39.2 Å². The van der Waals surface area contributed by atoms with Crippen LogP contribution in [0, 0.1) is 11.3 Å². The van der Waals surface area contributed by atoms with Gasteiger partial charge in [-0.25, -0.2) is 0 Å². The zero-order valence-electron chi connectivity index (χ0n) is 15.0. The quantitative estimate of drug-likeness (QED) is 0.811. The van der Waals surface area contributed by atoms with Crippen LogP contribution in [-0.4, -0.2) is 37.0 Å². The summed E-state index contributed by atoms with van der Waals surface area (Å²) in [4.78, 5) is 15.0. The molecule has 0 radical (unpaired) electrons. The molecule has 1 aromatic rings. The largest absolute Gasteiger partial charge is 0.342 e. The van der Waals surface area contributed by atoms with Crippen molar-refractivity contribution in [2.75, 3.05) is 26.2 Å². The topological polar surface area (TPSA) is 32.3 Å². The van der Waals surface area contributed by atoms with Crippen molar-refractivity contribution in [1.29, 1.82) is 0 Å². The molecular weight excluding hydrogens is 343 g/mol. The third kappa shape index (κ3) is 5.94. The lowest BCUT2D eigenvalue weighted by Gasteiger charge is -2.37. The molecule has 1 aromatic carbocycles. The van der Waals surface area contributed by atoms with Crippen molar-refractivity contribution in [2.45, 2.75) is 40.0 Å². The SMILES string of the molecule is CCNCC1CCN(C(=O)C(C)(C)Cc2cccc(Cl)c2)CC1.Cl. The van der Waals surface area contributed by atoms with Crippen LogP contribution in [0.4, 0.5) is 0 Å². The van der Waals surface area contributed by atoms with E-state index in [0.717, 1.165) is 56.0 Å². The minimum absolute atomic E-state index is 0. The molecule has 0 saturated carbocycles. The molecule has 1 heterocycles. The molecule has 1 amide bonds. The van der Waals surface area contributed by atoms with Crippen LogP contribution in [0.3, 0.4) is 0 Å². The molecule has 136 valence electrons. The highest BCUT2D eigenvalue weighted by Crippen LogP contribution is 2.28. The van der Waals surface area contributed by atoms with Gasteiger partial charge in [-0.2, -0.15) is 0 Å². The lowest BCUT2D eigenvalue weighted by atomic mass is 9.83. The van der Waals surface area contributed by atoms with E-state index in [1.165, 1.54) is 0 Å². The number of hydrogen-bond acceptors (Lipinski definition) is 2. The molecule has 0 bridgehead atoms. The first-order chi connectivity index (χ1) is 10.9. The normalized spacial score (nSPS) is 15.9. The van der Waals surface area contributed by atoms with Crippen LogP contribution in [0.15, 0.2) is 24.3 Å². The van der Waals surface area contributed by atoms with E-state index in [2.05, 4.69) is 12.2 Å². The van der Waals surface area contributed by atoms with Crippen LogP contribution < -0.4 is 5.32 Å². The summed E-state index contributed by atoms with van der Waals surface area (Å²) in [5.74, 6) is 0.967. The van der Waals surface area contributed by atoms with Crippen LogP contribution in [0.2, 0.25) is 5.02 Å². The fraction of sp³-hybridized carbons (Fsp3) is 0.632. The fourth-order valence-electron chi connectivity index (χ4n) is 3.35. The predicted molar refractivity (Wildman–Crippen MR) is 104 cm³/mol. The molecule has 2 rings (SSSR count). The third-order valence-corrected chi connectivity index (χ3v) is 4.93. The van der Waals surface area contributed by atoms with Gasteiger partial charge >= 0.3 is 0 Å². The zero-order chi connectivity index (χ0) is 16.9. The van der Waals surface area contributed by atoms with Crippen LogP contribution in [0.5, 0.6) is 0 Å². The first-order valence-electron chi connectivity index (χ1n) is 8.67. The Balaban J connectivity index is 0.00000288. The van der Waals surface area contributed by atoms with Gasteiger partial charge in [-0.05, 0) is 56.0 Å². The molecule has 0 unspecified atom stereocenters. The Kier molecular flexibility index (Phi) is 8.55. The molecule has 1 N–H and O–H groups in total. The van der Waals surface area contributed by atoms with Gasteiger partial charge in [0.2, 0.25) is 5.91 Å². The maximum absolute atomic E-state index is 12.9. The molecule has 3 nitrogen and oxygen atoms in total. The number of carbonyl (C=O) groups excluding carboxylic acids is 1. The van der Waals surface area contributed by atoms with Gasteiger partial charge in [0.15, 0.2) is 0 Å². The molecule has 0 spiro atoms. The van der Waals surface area contributed by atoms with E-state index in [9.17, 15) is 4.79 Å². The van der Waals surface area contributed by atoms with E-state index in [1.54, 1.807) is 0 Å². The summed E-state index contributed by atoms with van der Waals surface area (Å²) < 4.78 is 0. The minimum Gasteiger partial charge on any atom is -0.342 e. The summed E-state index contributed by atoms with van der Waals surface area (Å²) >= 11 is 6.06. The van der Waals surface area contributed by atoms with Crippen molar-refractivity contribution in [3.05, 3.63) is 34.9 Å². The average molecular weight is 373 g/mol. The number of likely N-dealkylation sites (tertiary alicyclic amines) is 1. The van der Waals surface area contributed by atoms with Crippen molar-refractivity contribution in [3.8, 4) is 0 Å². The second-order valence-corrected chi connectivity index (χ2v) is 7.67. The summed E-state index contributed by atoms with van der Waals surface area (Å²) in [6.07, 6.45) is 2.93. The van der Waals surface area contributed by atoms with Crippen molar-refractivity contribution in [2.24, 2.45) is 11.3 Å². The van der Waals surface area contributed by atoms with Gasteiger partial charge in [0.05, 0.1) is 0 Å². The van der Waals surface area contributed by atoms with E-state index in [0.29, 0.717) is 5.92 Å². The molecule has 0 aliphatic carbocycles. The molecule has 1 fully saturated rings. The molecule has 1 saturated heterocycles. The Morgan fingerprint density at radius 1 is 1.33 bits per heavy atom. The maximum Gasteiger partial charge on any atom is 0.228 e. The van der Waals surface area contributed by atoms with E-state index in [4.69, 9.17) is 11.6 Å². The Morgan fingerprint density at radius 3 is 2.58 bits per heavy atom. The standard InChI is InChI=1S/C19H29ClN2O.ClH/c1-4-21-14-15-8-10-22(11-9-15)18(23)19(2,3)13-16-6-5-7-17(20)12-16;/h5-7,12,15,21H,4,8-11,13-14H2,1-3H3;1H. The predicted octanol–water partition coefficient (Wildman–Crippen LogP) is 4.18. The molecule has 1 aliphatic heterocycles. The second kappa shape index (κ2) is 9.65. The summed E-state index contributed by atoms with van der Waals surface area (Å²) in [5, 5.41) is 4.15. The maximum atomic E-state index is 12.9. The number of rotatable bonds is 6. The Hall–Kier alpha value is -0.770. The van der Waals surface area contributed by atoms with Crippen molar-refractivity contribution < 1.29 is 4.79 Å². The highest BCUT2D eigenvalue weighted by Gasteiger charge is 2.34. The van der Waals surface area contributed by atoms with Gasteiger partial charge in [0.25, 0.3) is 0 Å². The van der Waals surface area contributed by atoms with Crippen LogP contribution in [0.25, 0.3) is 0 Å². The molecule has 1 aliphatic rings. The number of benzene rings is 1. The van der Waals surface area contributed by atoms with Crippen molar-refractivity contribution >= 4 is 29.9 Å². The third-order valence-electron chi connectivity index (χ3n) is 4.70. The monoisotopic (exact) mass is 372 g/mol. The molecule has 24 heavy (non-hydrogen) atoms. The van der Waals surface area contributed by atoms with E-state index in [-0.39, 0.29) is 23.7 Å². The summed E-state index contributed by atoms with van der Waals surface area (Å²) in [6.45, 7) is 10.1. The van der Waals surface area contributed by atoms with E-state index >= 15 is 0 Å². The lowest BCUT2D eigenvalue weighted by Crippen LogP contribution is -2.47. The molecular formula is C19H30Cl2N2O. The molecule has 0 atom stereocenters.